The van der Waals surface area contributed by atoms with E-state index in [-0.39, 0.29) is 42.1 Å². The van der Waals surface area contributed by atoms with Crippen LogP contribution in [0.25, 0.3) is 105 Å². The smallest absolute Gasteiger partial charge is 0.509 e. The van der Waals surface area contributed by atoms with Gasteiger partial charge in [0.2, 0.25) is 5.95 Å². The average molecular weight is 1380 g/mol. The number of pyridine rings is 2. The Kier molecular flexibility index (Phi) is 13.2. The molecule has 0 spiro atoms. The van der Waals surface area contributed by atoms with E-state index in [2.05, 4.69) is 172 Å². The van der Waals surface area contributed by atoms with Crippen molar-refractivity contribution in [3.8, 4) is 62.8 Å². The summed E-state index contributed by atoms with van der Waals surface area (Å²) in [5.74, 6) is 4.14. The molecule has 0 bridgehead atoms. The zero-order valence-corrected chi connectivity index (χ0v) is 48.4. The van der Waals surface area contributed by atoms with Crippen LogP contribution in [0.1, 0.15) is 33.4 Å². The predicted molar refractivity (Wildman–Crippen MR) is 308 cm³/mol. The molecule has 79 heavy (non-hydrogen) atoms. The van der Waals surface area contributed by atoms with Crippen molar-refractivity contribution < 1.29 is 51.6 Å². The van der Waals surface area contributed by atoms with E-state index in [4.69, 9.17) is 29.4 Å². The fourth-order valence-electron chi connectivity index (χ4n) is 11.8. The Hall–Kier alpha value is -8.48. The molecular weight excluding hydrogens is 1340 g/mol. The summed E-state index contributed by atoms with van der Waals surface area (Å²) < 4.78 is 20.7. The van der Waals surface area contributed by atoms with Crippen LogP contribution in [0.4, 0.5) is 0 Å². The van der Waals surface area contributed by atoms with Gasteiger partial charge in [-0.3, -0.25) is 0 Å². The number of nitrogens with zero attached hydrogens (tertiary/aromatic N) is 7. The molecule has 0 amide bonds. The quantitative estimate of drug-likeness (QED) is 0.134. The van der Waals surface area contributed by atoms with Crippen LogP contribution >= 0.6 is 0 Å². The molecule has 0 saturated heterocycles. The summed E-state index contributed by atoms with van der Waals surface area (Å²) in [6.45, 7) is 12.9. The van der Waals surface area contributed by atoms with Crippen LogP contribution in [0.2, 0.25) is 0 Å². The van der Waals surface area contributed by atoms with Crippen LogP contribution in [0, 0.1) is 65.8 Å². The number of aromatic nitrogens is 7. The zero-order chi connectivity index (χ0) is 52.1. The van der Waals surface area contributed by atoms with Crippen LogP contribution in [0.3, 0.4) is 0 Å². The van der Waals surface area contributed by atoms with E-state index in [0.29, 0.717) is 40.0 Å². The normalized spacial score (nSPS) is 11.5. The van der Waals surface area contributed by atoms with E-state index >= 15 is 0 Å². The molecule has 386 valence electrons. The predicted octanol–water partition coefficient (Wildman–Crippen LogP) is 16.5. The molecule has 6 aromatic heterocycles. The topological polar surface area (TPSA) is 84.8 Å². The summed E-state index contributed by atoms with van der Waals surface area (Å²) in [5.41, 5.74) is 15.9. The molecule has 0 aliphatic rings. The van der Waals surface area contributed by atoms with Gasteiger partial charge in [-0.25, -0.2) is 19.9 Å². The van der Waals surface area contributed by atoms with Crippen LogP contribution in [0.5, 0.6) is 23.0 Å². The van der Waals surface area contributed by atoms with Gasteiger partial charge in [0.25, 0.3) is 0 Å². The number of para-hydroxylation sites is 2. The van der Waals surface area contributed by atoms with Gasteiger partial charge in [-0.15, -0.1) is 47.2 Å². The van der Waals surface area contributed by atoms with Crippen molar-refractivity contribution >= 4 is 65.4 Å². The largest absolute Gasteiger partial charge is 2.00 e. The van der Waals surface area contributed by atoms with Gasteiger partial charge in [0, 0.05) is 58.8 Å². The minimum atomic E-state index is 0. The minimum absolute atomic E-state index is 0. The Morgan fingerprint density at radius 3 is 1.16 bits per heavy atom. The van der Waals surface area contributed by atoms with Crippen molar-refractivity contribution in [1.82, 2.24) is 33.6 Å². The molecule has 0 atom stereocenters. The second-order valence-electron chi connectivity index (χ2n) is 19.9. The Balaban J connectivity index is 0.00000312. The molecule has 0 saturated carbocycles. The third kappa shape index (κ3) is 8.64. The molecule has 9 nitrogen and oxygen atoms in total. The first-order chi connectivity index (χ1) is 37.6. The molecule has 0 fully saturated rings. The molecule has 0 unspecified atom stereocenters. The van der Waals surface area contributed by atoms with Gasteiger partial charge in [0.05, 0.1) is 0 Å². The first-order valence-corrected chi connectivity index (χ1v) is 25.7. The van der Waals surface area contributed by atoms with Gasteiger partial charge >= 0.3 is 42.1 Å². The Morgan fingerprint density at radius 1 is 0.354 bits per heavy atom. The number of fused-ring (bicyclic) bond motifs is 9. The molecule has 14 rings (SSSR count). The number of ether oxygens (including phenoxy) is 2. The maximum atomic E-state index is 7.19. The van der Waals surface area contributed by atoms with Gasteiger partial charge in [-0.1, -0.05) is 150 Å². The van der Waals surface area contributed by atoms with Gasteiger partial charge in [0.1, 0.15) is 11.6 Å². The SMILES string of the molecule is Cc1cc(C)c(-c2cc3c4cc(-c5c(C)cc(C)cc5C)c(Oc5[c-]c6c(cc5)c5ccccc5n6-c5ccccn5)[c-]c4n(-c4ncccn4)c3[c-]c2Oc2[c-]c3c(cc2)c2ccccc2n3-c2ccccn2)c(C)c1.[Pt+2].[Pt+2]. The molecule has 0 N–H and O–H groups in total. The Morgan fingerprint density at radius 2 is 0.747 bits per heavy atom. The molecule has 8 aromatic carbocycles. The summed E-state index contributed by atoms with van der Waals surface area (Å²) >= 11 is 0. The summed E-state index contributed by atoms with van der Waals surface area (Å²) in [4.78, 5) is 19.3. The maximum Gasteiger partial charge on any atom is 2.00 e. The third-order valence-corrected chi connectivity index (χ3v) is 14.7. The van der Waals surface area contributed by atoms with Gasteiger partial charge in [-0.05, 0) is 94.8 Å². The zero-order valence-electron chi connectivity index (χ0n) is 43.8. The van der Waals surface area contributed by atoms with E-state index < -0.39 is 0 Å². The molecule has 14 aromatic rings. The summed E-state index contributed by atoms with van der Waals surface area (Å²) in [7, 11) is 0. The summed E-state index contributed by atoms with van der Waals surface area (Å²) in [6, 6.07) is 67.1. The van der Waals surface area contributed by atoms with Crippen LogP contribution < -0.4 is 9.47 Å². The van der Waals surface area contributed by atoms with E-state index in [1.807, 2.05) is 71.6 Å². The van der Waals surface area contributed by atoms with Crippen molar-refractivity contribution in [1.29, 1.82) is 0 Å². The van der Waals surface area contributed by atoms with Crippen molar-refractivity contribution in [2.45, 2.75) is 41.5 Å². The number of hydrogen-bond acceptors (Lipinski definition) is 6. The van der Waals surface area contributed by atoms with Crippen molar-refractivity contribution in [3.63, 3.8) is 0 Å². The van der Waals surface area contributed by atoms with Crippen molar-refractivity contribution in [3.05, 3.63) is 234 Å². The van der Waals surface area contributed by atoms with Gasteiger partial charge in [-0.2, -0.15) is 35.0 Å². The molecule has 6 heterocycles. The van der Waals surface area contributed by atoms with E-state index in [1.54, 1.807) is 12.4 Å². The Bertz CT molecular complexity index is 4380. The van der Waals surface area contributed by atoms with E-state index in [1.165, 1.54) is 11.1 Å². The van der Waals surface area contributed by atoms with Gasteiger partial charge in [0.15, 0.2) is 0 Å². The Labute approximate surface area is 485 Å². The molecule has 11 heteroatoms. The number of hydrogen-bond donors (Lipinski definition) is 0. The van der Waals surface area contributed by atoms with E-state index in [0.717, 1.165) is 111 Å². The number of rotatable bonds is 9. The molecule has 0 aliphatic carbocycles. The third-order valence-electron chi connectivity index (χ3n) is 14.7. The minimum Gasteiger partial charge on any atom is -0.509 e. The summed E-state index contributed by atoms with van der Waals surface area (Å²) in [6.07, 6.45) is 7.14. The second-order valence-corrected chi connectivity index (χ2v) is 19.9. The second kappa shape index (κ2) is 20.4. The molecule has 0 aliphatic heterocycles. The summed E-state index contributed by atoms with van der Waals surface area (Å²) in [5, 5.41) is 6.13. The maximum absolute atomic E-state index is 7.19. The van der Waals surface area contributed by atoms with Gasteiger partial charge < -0.3 is 23.2 Å². The van der Waals surface area contributed by atoms with E-state index in [9.17, 15) is 0 Å². The van der Waals surface area contributed by atoms with Crippen molar-refractivity contribution in [2.75, 3.05) is 0 Å². The fraction of sp³-hybridized carbons (Fsp3) is 0.0882. The van der Waals surface area contributed by atoms with Crippen LogP contribution in [-0.2, 0) is 42.1 Å². The van der Waals surface area contributed by atoms with Crippen LogP contribution in [0.15, 0.2) is 176 Å². The first kappa shape index (κ1) is 51.3. The molecule has 0 radical (unpaired) electrons. The molecular formula is C68H47N7O2Pt2. The first-order valence-electron chi connectivity index (χ1n) is 25.7. The average Bonchev–Trinajstić information content (AvgIpc) is 4.01. The fourth-order valence-corrected chi connectivity index (χ4v) is 11.8. The van der Waals surface area contributed by atoms with Crippen molar-refractivity contribution in [2.24, 2.45) is 0 Å². The number of aryl methyl sites for hydroxylation is 6. The standard InChI is InChI=1S/C68H47N7O2.2Pt/c1-40-30-42(3)66(43(4)31-40)54-36-52-53-37-55(67-44(5)32-41(2)33-45(67)6)63(77-47-23-25-51-49-17-8-10-19-57(49)74(59(51)35-47)65-21-12-14-27-70-65)39-61(53)75(68-71-28-15-29-72-68)60(52)38-62(54)76-46-22-24-50-48-16-7-9-18-56(48)73(58(50)34-46)64-20-11-13-26-69-64;;/h7-33,36-37H,1-6H3;;/q-4;2*+2. The van der Waals surface area contributed by atoms with Crippen LogP contribution in [-0.4, -0.2) is 33.6 Å². The number of benzene rings is 8. The monoisotopic (exact) mass is 1380 g/mol.